The molecule has 0 saturated heterocycles. The lowest BCUT2D eigenvalue weighted by molar-refractivity contribution is 0.0947. The molecule has 4 aromatic heterocycles. The summed E-state index contributed by atoms with van der Waals surface area (Å²) >= 11 is 3.53. The van der Waals surface area contributed by atoms with Gasteiger partial charge in [-0.3, -0.25) is 9.89 Å². The van der Waals surface area contributed by atoms with Crippen molar-refractivity contribution in [3.8, 4) is 0 Å². The highest BCUT2D eigenvalue weighted by atomic mass is 79.9. The van der Waals surface area contributed by atoms with Crippen LogP contribution in [-0.2, 0) is 0 Å². The Morgan fingerprint density at radius 2 is 2.07 bits per heavy atom. The number of H-pyrrole nitrogens is 2. The van der Waals surface area contributed by atoms with Crippen molar-refractivity contribution < 1.29 is 4.79 Å². The average molecular weight is 458 g/mol. The number of halogens is 1. The molecule has 11 heteroatoms. The molecule has 0 unspecified atom stereocenters. The number of pyridine rings is 1. The maximum Gasteiger partial charge on any atom is 0.268 e. The van der Waals surface area contributed by atoms with E-state index in [0.717, 1.165) is 24.0 Å². The van der Waals surface area contributed by atoms with E-state index >= 15 is 0 Å². The molecule has 1 amide bonds. The van der Waals surface area contributed by atoms with E-state index in [0.29, 0.717) is 39.2 Å². The highest BCUT2D eigenvalue weighted by molar-refractivity contribution is 9.10. The normalized spacial score (nSPS) is 11.4. The third-order valence-electron chi connectivity index (χ3n) is 4.38. The number of nitrogens with zero attached hydrogens (tertiary/aromatic N) is 5. The molecule has 0 radical (unpaired) electrons. The minimum Gasteiger partial charge on any atom is -0.351 e. The number of nitrogens with one attached hydrogen (secondary N) is 4. The number of aromatic nitrogens is 6. The minimum atomic E-state index is -0.193. The number of hydrogen-bond donors (Lipinski definition) is 4. The molecule has 29 heavy (non-hydrogen) atoms. The van der Waals surface area contributed by atoms with E-state index in [1.807, 2.05) is 20.2 Å². The first-order valence-corrected chi connectivity index (χ1v) is 9.83. The summed E-state index contributed by atoms with van der Waals surface area (Å²) in [5.74, 6) is 0.371. The molecule has 0 aliphatic rings. The summed E-state index contributed by atoms with van der Waals surface area (Å²) in [5, 5.41) is 14.5. The Labute approximate surface area is 174 Å². The molecule has 0 fully saturated rings. The molecule has 0 spiro atoms. The molecule has 4 aromatic rings. The fourth-order valence-electron chi connectivity index (χ4n) is 2.97. The summed E-state index contributed by atoms with van der Waals surface area (Å²) in [6, 6.07) is 1.92. The quantitative estimate of drug-likeness (QED) is 0.313. The molecule has 0 aromatic carbocycles. The fourth-order valence-corrected chi connectivity index (χ4v) is 3.62. The van der Waals surface area contributed by atoms with Crippen LogP contribution in [0.15, 0.2) is 29.3 Å². The summed E-state index contributed by atoms with van der Waals surface area (Å²) < 4.78 is 0.609. The van der Waals surface area contributed by atoms with E-state index in [4.69, 9.17) is 0 Å². The monoisotopic (exact) mass is 457 g/mol. The summed E-state index contributed by atoms with van der Waals surface area (Å²) in [6.45, 7) is 1.49. The van der Waals surface area contributed by atoms with Crippen LogP contribution in [0.2, 0.25) is 0 Å². The van der Waals surface area contributed by atoms with Crippen molar-refractivity contribution in [1.82, 2.24) is 40.3 Å². The zero-order valence-electron chi connectivity index (χ0n) is 16.0. The van der Waals surface area contributed by atoms with E-state index in [1.165, 1.54) is 6.33 Å². The van der Waals surface area contributed by atoms with Gasteiger partial charge in [0.05, 0.1) is 27.9 Å². The molecule has 4 rings (SSSR count). The zero-order chi connectivity index (χ0) is 20.4. The number of anilines is 2. The third kappa shape index (κ3) is 4.05. The van der Waals surface area contributed by atoms with Crippen LogP contribution in [0, 0.1) is 0 Å². The predicted molar refractivity (Wildman–Crippen MR) is 114 cm³/mol. The topological polar surface area (TPSA) is 128 Å². The summed E-state index contributed by atoms with van der Waals surface area (Å²) in [5.41, 5.74) is 2.43. The molecule has 150 valence electrons. The first-order valence-electron chi connectivity index (χ1n) is 9.04. The Hall–Kier alpha value is -3.05. The number of amides is 1. The standard InChI is InChI=1S/C18H20BrN9O/c1-28(2)5-3-4-20-18(29)14-13(19)12-16(22-9-23-17(12)26-14)25-11-6-10-7-24-27-15(10)21-8-11/h6-9H,3-5H2,1-2H3,(H,20,29)(H,21,24,27)(H2,22,23,25,26). The summed E-state index contributed by atoms with van der Waals surface area (Å²) in [6.07, 6.45) is 5.70. The van der Waals surface area contributed by atoms with Crippen molar-refractivity contribution >= 4 is 55.4 Å². The molecule has 0 saturated carbocycles. The maximum atomic E-state index is 12.6. The Morgan fingerprint density at radius 3 is 2.90 bits per heavy atom. The lowest BCUT2D eigenvalue weighted by Gasteiger charge is -2.09. The van der Waals surface area contributed by atoms with Crippen LogP contribution in [0.3, 0.4) is 0 Å². The molecule has 4 N–H and O–H groups in total. The lowest BCUT2D eigenvalue weighted by atomic mass is 10.3. The van der Waals surface area contributed by atoms with Gasteiger partial charge in [-0.05, 0) is 49.1 Å². The minimum absolute atomic E-state index is 0.193. The highest BCUT2D eigenvalue weighted by Gasteiger charge is 2.20. The van der Waals surface area contributed by atoms with Gasteiger partial charge >= 0.3 is 0 Å². The van der Waals surface area contributed by atoms with Crippen molar-refractivity contribution in [2.45, 2.75) is 6.42 Å². The van der Waals surface area contributed by atoms with Crippen molar-refractivity contribution in [1.29, 1.82) is 0 Å². The number of aromatic amines is 2. The molecule has 0 aliphatic carbocycles. The van der Waals surface area contributed by atoms with Crippen LogP contribution < -0.4 is 10.6 Å². The van der Waals surface area contributed by atoms with Crippen LogP contribution >= 0.6 is 15.9 Å². The predicted octanol–water partition coefficient (Wildman–Crippen LogP) is 2.42. The van der Waals surface area contributed by atoms with Gasteiger partial charge in [0.1, 0.15) is 23.5 Å². The van der Waals surface area contributed by atoms with Gasteiger partial charge in [-0.2, -0.15) is 5.10 Å². The van der Waals surface area contributed by atoms with Gasteiger partial charge in [0.2, 0.25) is 0 Å². The second-order valence-electron chi connectivity index (χ2n) is 6.83. The SMILES string of the molecule is CN(C)CCCNC(=O)c1[nH]c2ncnc(Nc3cnc4[nH]ncc4c3)c2c1Br. The molecule has 4 heterocycles. The van der Waals surface area contributed by atoms with Gasteiger partial charge in [-0.1, -0.05) is 0 Å². The van der Waals surface area contributed by atoms with Crippen LogP contribution in [0.5, 0.6) is 0 Å². The van der Waals surface area contributed by atoms with E-state index < -0.39 is 0 Å². The van der Waals surface area contributed by atoms with Crippen molar-refractivity contribution in [3.05, 3.63) is 35.0 Å². The van der Waals surface area contributed by atoms with Crippen molar-refractivity contribution in [3.63, 3.8) is 0 Å². The van der Waals surface area contributed by atoms with Gasteiger partial charge in [0.15, 0.2) is 5.65 Å². The Balaban J connectivity index is 1.58. The van der Waals surface area contributed by atoms with Crippen LogP contribution in [0.1, 0.15) is 16.9 Å². The highest BCUT2D eigenvalue weighted by Crippen LogP contribution is 2.33. The Kier molecular flexibility index (Phi) is 5.41. The smallest absolute Gasteiger partial charge is 0.268 e. The first-order chi connectivity index (χ1) is 14.0. The lowest BCUT2D eigenvalue weighted by Crippen LogP contribution is -2.27. The number of hydrogen-bond acceptors (Lipinski definition) is 7. The van der Waals surface area contributed by atoms with Crippen molar-refractivity contribution in [2.24, 2.45) is 0 Å². The van der Waals surface area contributed by atoms with E-state index in [1.54, 1.807) is 12.4 Å². The molecule has 10 nitrogen and oxygen atoms in total. The van der Waals surface area contributed by atoms with Crippen molar-refractivity contribution in [2.75, 3.05) is 32.5 Å². The number of rotatable bonds is 7. The van der Waals surface area contributed by atoms with E-state index in [2.05, 4.69) is 61.6 Å². The Bertz CT molecular complexity index is 1170. The van der Waals surface area contributed by atoms with Gasteiger partial charge in [0.25, 0.3) is 5.91 Å². The van der Waals surface area contributed by atoms with Gasteiger partial charge in [-0.15, -0.1) is 0 Å². The molecular weight excluding hydrogens is 438 g/mol. The number of carbonyl (C=O) groups excluding carboxylic acids is 1. The summed E-state index contributed by atoms with van der Waals surface area (Å²) in [4.78, 5) is 30.7. The van der Waals surface area contributed by atoms with Gasteiger partial charge < -0.3 is 20.5 Å². The van der Waals surface area contributed by atoms with Crippen LogP contribution in [0.25, 0.3) is 22.1 Å². The van der Waals surface area contributed by atoms with E-state index in [-0.39, 0.29) is 5.91 Å². The first kappa shape index (κ1) is 19.3. The van der Waals surface area contributed by atoms with Crippen LogP contribution in [0.4, 0.5) is 11.5 Å². The largest absolute Gasteiger partial charge is 0.351 e. The van der Waals surface area contributed by atoms with Gasteiger partial charge in [-0.25, -0.2) is 15.0 Å². The second kappa shape index (κ2) is 8.13. The molecule has 0 aliphatic heterocycles. The number of carbonyl (C=O) groups is 1. The molecule has 0 atom stereocenters. The summed E-state index contributed by atoms with van der Waals surface area (Å²) in [7, 11) is 4.01. The van der Waals surface area contributed by atoms with Gasteiger partial charge in [0, 0.05) is 11.9 Å². The average Bonchev–Trinajstić information content (AvgIpc) is 3.29. The number of fused-ring (bicyclic) bond motifs is 2. The van der Waals surface area contributed by atoms with Crippen LogP contribution in [-0.4, -0.2) is 68.1 Å². The maximum absolute atomic E-state index is 12.6. The molecular formula is C18H20BrN9O. The zero-order valence-corrected chi connectivity index (χ0v) is 17.5. The van der Waals surface area contributed by atoms with E-state index in [9.17, 15) is 4.79 Å². The second-order valence-corrected chi connectivity index (χ2v) is 7.62. The third-order valence-corrected chi connectivity index (χ3v) is 5.17. The molecule has 0 bridgehead atoms. The fraction of sp³-hybridized carbons (Fsp3) is 0.278. The Morgan fingerprint density at radius 1 is 1.21 bits per heavy atom.